The summed E-state index contributed by atoms with van der Waals surface area (Å²) in [7, 11) is 0. The molecule has 49 heavy (non-hydrogen) atoms. The zero-order chi connectivity index (χ0) is 35.6. The molecular formula is C45H72O4. The van der Waals surface area contributed by atoms with Crippen LogP contribution in [0.2, 0.25) is 0 Å². The molecule has 1 aliphatic carbocycles. The quantitative estimate of drug-likeness (QED) is 0.0449. The average Bonchev–Trinajstić information content (AvgIpc) is 3.45. The van der Waals surface area contributed by atoms with Gasteiger partial charge in [0.1, 0.15) is 6.10 Å². The van der Waals surface area contributed by atoms with E-state index in [9.17, 15) is 9.59 Å². The molecule has 0 amide bonds. The number of allylic oxidation sites excluding steroid dienone is 14. The normalized spacial score (nSPS) is 18.8. The Balaban J connectivity index is 2.34. The minimum atomic E-state index is -0.108. The molecule has 0 aromatic rings. The van der Waals surface area contributed by atoms with Crippen LogP contribution in [-0.2, 0) is 19.1 Å². The van der Waals surface area contributed by atoms with Crippen molar-refractivity contribution in [2.24, 2.45) is 11.8 Å². The smallest absolute Gasteiger partial charge is 0.306 e. The van der Waals surface area contributed by atoms with E-state index in [0.29, 0.717) is 24.7 Å². The molecule has 0 aliphatic heterocycles. The van der Waals surface area contributed by atoms with Crippen molar-refractivity contribution < 1.29 is 19.1 Å². The number of carbonyl (C=O) groups excluding carboxylic acids is 2. The van der Waals surface area contributed by atoms with Gasteiger partial charge in [-0.2, -0.15) is 0 Å². The molecule has 0 aromatic carbocycles. The predicted molar refractivity (Wildman–Crippen MR) is 210 cm³/mol. The fourth-order valence-electron chi connectivity index (χ4n) is 6.27. The fourth-order valence-corrected chi connectivity index (χ4v) is 6.27. The Morgan fingerprint density at radius 2 is 1.14 bits per heavy atom. The molecule has 0 unspecified atom stereocenters. The van der Waals surface area contributed by atoms with Crippen LogP contribution in [0.3, 0.4) is 0 Å². The minimum Gasteiger partial charge on any atom is -0.463 e. The maximum atomic E-state index is 12.8. The van der Waals surface area contributed by atoms with Crippen LogP contribution in [-0.4, -0.2) is 24.1 Å². The van der Waals surface area contributed by atoms with Crippen molar-refractivity contribution in [1.82, 2.24) is 0 Å². The van der Waals surface area contributed by atoms with Crippen molar-refractivity contribution in [1.29, 1.82) is 0 Å². The summed E-state index contributed by atoms with van der Waals surface area (Å²) in [6.45, 7) is 8.19. The van der Waals surface area contributed by atoms with Crippen LogP contribution in [0, 0.1) is 11.8 Å². The van der Waals surface area contributed by atoms with Crippen molar-refractivity contribution in [3.05, 3.63) is 85.1 Å². The van der Waals surface area contributed by atoms with Crippen LogP contribution in [0.1, 0.15) is 163 Å². The Labute approximate surface area is 302 Å². The number of unbranched alkanes of at least 4 members (excludes halogenated alkanes) is 6. The lowest BCUT2D eigenvalue weighted by Crippen LogP contribution is -2.25. The molecule has 276 valence electrons. The summed E-state index contributed by atoms with van der Waals surface area (Å²) in [5.41, 5.74) is 0. The van der Waals surface area contributed by atoms with E-state index >= 15 is 0 Å². The van der Waals surface area contributed by atoms with E-state index in [4.69, 9.17) is 9.47 Å². The van der Waals surface area contributed by atoms with Crippen LogP contribution in [0.25, 0.3) is 0 Å². The highest BCUT2D eigenvalue weighted by molar-refractivity contribution is 5.70. The summed E-state index contributed by atoms with van der Waals surface area (Å²) < 4.78 is 11.3. The van der Waals surface area contributed by atoms with E-state index in [1.54, 1.807) is 0 Å². The molecule has 1 saturated carbocycles. The molecule has 1 rings (SSSR count). The number of esters is 2. The first-order valence-electron chi connectivity index (χ1n) is 19.9. The third kappa shape index (κ3) is 26.6. The van der Waals surface area contributed by atoms with Crippen molar-refractivity contribution in [2.45, 2.75) is 175 Å². The Hall–Kier alpha value is -2.88. The van der Waals surface area contributed by atoms with E-state index in [1.165, 1.54) is 38.5 Å². The lowest BCUT2D eigenvalue weighted by Gasteiger charge is -2.24. The van der Waals surface area contributed by atoms with Crippen molar-refractivity contribution in [3.63, 3.8) is 0 Å². The van der Waals surface area contributed by atoms with Gasteiger partial charge in [0.05, 0.1) is 6.10 Å². The van der Waals surface area contributed by atoms with Crippen LogP contribution in [0.4, 0.5) is 0 Å². The van der Waals surface area contributed by atoms with Gasteiger partial charge < -0.3 is 9.47 Å². The molecule has 0 saturated heterocycles. The van der Waals surface area contributed by atoms with E-state index in [0.717, 1.165) is 83.5 Å². The third-order valence-electron chi connectivity index (χ3n) is 8.91. The van der Waals surface area contributed by atoms with Crippen LogP contribution in [0.15, 0.2) is 85.1 Å². The third-order valence-corrected chi connectivity index (χ3v) is 8.91. The highest BCUT2D eigenvalue weighted by atomic mass is 16.5. The van der Waals surface area contributed by atoms with Crippen molar-refractivity contribution in [2.75, 3.05) is 0 Å². The van der Waals surface area contributed by atoms with Gasteiger partial charge in [0.25, 0.3) is 0 Å². The molecule has 0 radical (unpaired) electrons. The molecule has 1 aliphatic rings. The molecule has 0 heterocycles. The lowest BCUT2D eigenvalue weighted by molar-refractivity contribution is -0.151. The fraction of sp³-hybridized carbons (Fsp3) is 0.644. The van der Waals surface area contributed by atoms with Gasteiger partial charge in [0, 0.05) is 12.8 Å². The summed E-state index contributed by atoms with van der Waals surface area (Å²) in [5.74, 6) is 0.858. The van der Waals surface area contributed by atoms with E-state index in [2.05, 4.69) is 98.9 Å². The zero-order valence-electron chi connectivity index (χ0n) is 31.9. The first kappa shape index (κ1) is 44.1. The van der Waals surface area contributed by atoms with Crippen LogP contribution >= 0.6 is 0 Å². The summed E-state index contributed by atoms with van der Waals surface area (Å²) in [6.07, 6.45) is 52.2. The number of rotatable bonds is 29. The Morgan fingerprint density at radius 1 is 0.592 bits per heavy atom. The zero-order valence-corrected chi connectivity index (χ0v) is 31.9. The second kappa shape index (κ2) is 32.3. The van der Waals surface area contributed by atoms with Gasteiger partial charge in [-0.3, -0.25) is 9.59 Å². The van der Waals surface area contributed by atoms with Crippen LogP contribution < -0.4 is 0 Å². The molecule has 0 bridgehead atoms. The minimum absolute atomic E-state index is 0.0484. The van der Waals surface area contributed by atoms with Gasteiger partial charge in [-0.25, -0.2) is 0 Å². The first-order valence-corrected chi connectivity index (χ1v) is 19.9. The Morgan fingerprint density at radius 3 is 1.73 bits per heavy atom. The topological polar surface area (TPSA) is 52.6 Å². The SMILES string of the molecule is CC/C=C\C/C=C\C/C=C\C/C=C\C/C=C\C/C=C\CCC(=O)O[C@@H]1CC[C@H](C/C=C\CCCC(=O)OC(C)C)[C@H]1CCCCCCCC. The van der Waals surface area contributed by atoms with Gasteiger partial charge in [0.15, 0.2) is 0 Å². The number of hydrogen-bond acceptors (Lipinski definition) is 4. The number of ether oxygens (including phenoxy) is 2. The van der Waals surface area contributed by atoms with Gasteiger partial charge in [-0.05, 0) is 109 Å². The summed E-state index contributed by atoms with van der Waals surface area (Å²) in [4.78, 5) is 24.6. The van der Waals surface area contributed by atoms with E-state index in [-0.39, 0.29) is 24.1 Å². The molecular weight excluding hydrogens is 604 g/mol. The van der Waals surface area contributed by atoms with Gasteiger partial charge in [-0.1, -0.05) is 137 Å². The van der Waals surface area contributed by atoms with Gasteiger partial charge in [-0.15, -0.1) is 0 Å². The van der Waals surface area contributed by atoms with Gasteiger partial charge >= 0.3 is 11.9 Å². The molecule has 0 spiro atoms. The molecule has 0 N–H and O–H groups in total. The van der Waals surface area contributed by atoms with Crippen LogP contribution in [0.5, 0.6) is 0 Å². The highest BCUT2D eigenvalue weighted by Gasteiger charge is 2.37. The Kier molecular flexibility index (Phi) is 29.1. The highest BCUT2D eigenvalue weighted by Crippen LogP contribution is 2.40. The number of carbonyl (C=O) groups is 2. The molecule has 4 nitrogen and oxygen atoms in total. The van der Waals surface area contributed by atoms with Gasteiger partial charge in [0.2, 0.25) is 0 Å². The second-order valence-corrected chi connectivity index (χ2v) is 13.7. The first-order chi connectivity index (χ1) is 24.0. The monoisotopic (exact) mass is 677 g/mol. The summed E-state index contributed by atoms with van der Waals surface area (Å²) >= 11 is 0. The molecule has 0 aromatic heterocycles. The average molecular weight is 677 g/mol. The van der Waals surface area contributed by atoms with E-state index < -0.39 is 0 Å². The molecule has 4 heteroatoms. The predicted octanol–water partition coefficient (Wildman–Crippen LogP) is 13.2. The molecule has 1 fully saturated rings. The summed E-state index contributed by atoms with van der Waals surface area (Å²) in [6, 6.07) is 0. The number of hydrogen-bond donors (Lipinski definition) is 0. The van der Waals surface area contributed by atoms with E-state index in [1.807, 2.05) is 13.8 Å². The maximum absolute atomic E-state index is 12.8. The van der Waals surface area contributed by atoms with Crippen molar-refractivity contribution in [3.8, 4) is 0 Å². The largest absolute Gasteiger partial charge is 0.463 e. The Bertz CT molecular complexity index is 1020. The second-order valence-electron chi connectivity index (χ2n) is 13.7. The molecule has 3 atom stereocenters. The summed E-state index contributed by atoms with van der Waals surface area (Å²) in [5, 5.41) is 0. The lowest BCUT2D eigenvalue weighted by atomic mass is 9.87. The van der Waals surface area contributed by atoms with Crippen molar-refractivity contribution >= 4 is 11.9 Å². The maximum Gasteiger partial charge on any atom is 0.306 e. The standard InChI is InChI=1S/C45H72O4/c1-5-7-9-11-13-14-15-16-17-18-19-20-21-22-23-24-25-27-32-37-45(47)49-43-39-38-41(42(43)35-31-26-12-10-8-6-2)34-30-28-29-33-36-44(46)48-40(3)4/h7,9,13-14,16-17,19-20,22-23,25,27-28,30,40-43H,5-6,8,10-12,15,18,21,24,26,29,31-39H2,1-4H3/b9-7-,14-13-,17-16-,20-19-,23-22-,27-25-,30-28-/t41-,42+,43+/m0/s1.